The van der Waals surface area contributed by atoms with Crippen LogP contribution in [0, 0.1) is 0 Å². The number of furan rings is 1. The van der Waals surface area contributed by atoms with Crippen molar-refractivity contribution < 1.29 is 42.9 Å². The second kappa shape index (κ2) is 14.0. The van der Waals surface area contributed by atoms with Gasteiger partial charge < -0.3 is 39.1 Å². The number of urea groups is 1. The van der Waals surface area contributed by atoms with Crippen molar-refractivity contribution in [3.63, 3.8) is 0 Å². The number of aliphatic hydroxyl groups is 1. The minimum atomic E-state index is -1.18. The minimum Gasteiger partial charge on any atom is -0.490 e. The molecule has 2 heterocycles. The van der Waals surface area contributed by atoms with Crippen molar-refractivity contribution in [2.75, 3.05) is 27.4 Å². The van der Waals surface area contributed by atoms with Crippen molar-refractivity contribution in [2.45, 2.75) is 26.1 Å². The summed E-state index contributed by atoms with van der Waals surface area (Å²) < 4.78 is 26.8. The molecule has 0 fully saturated rings. The predicted octanol–water partition coefficient (Wildman–Crippen LogP) is 3.25. The molecule has 0 saturated heterocycles. The van der Waals surface area contributed by atoms with Crippen LogP contribution >= 0.6 is 0 Å². The zero-order valence-electron chi connectivity index (χ0n) is 24.0. The molecule has 4 rings (SSSR count). The SMILES string of the molecule is CCOc1cc([C@@H]2NC(=O)NC(C)=C2C(=O)OC)ccc1OC[C@@H](O)N/N=C/c1ccc(-c2ccc(C(=O)OC)cc2)o1. The Morgan fingerprint density at radius 3 is 2.49 bits per heavy atom. The third-order valence-electron chi connectivity index (χ3n) is 6.30. The molecule has 3 aromatic rings. The molecule has 0 aliphatic carbocycles. The van der Waals surface area contributed by atoms with Crippen molar-refractivity contribution in [2.24, 2.45) is 5.10 Å². The highest BCUT2D eigenvalue weighted by Gasteiger charge is 2.32. The lowest BCUT2D eigenvalue weighted by Gasteiger charge is -2.28. The molecule has 0 spiro atoms. The number of hydrazone groups is 1. The van der Waals surface area contributed by atoms with E-state index in [0.717, 1.165) is 5.56 Å². The number of allylic oxidation sites excluding steroid dienone is 1. The average molecular weight is 593 g/mol. The van der Waals surface area contributed by atoms with Crippen LogP contribution in [0.15, 0.2) is 75.4 Å². The van der Waals surface area contributed by atoms with E-state index in [4.69, 9.17) is 23.4 Å². The smallest absolute Gasteiger partial charge is 0.337 e. The van der Waals surface area contributed by atoms with Crippen molar-refractivity contribution in [1.82, 2.24) is 16.1 Å². The van der Waals surface area contributed by atoms with Gasteiger partial charge in [0.2, 0.25) is 0 Å². The van der Waals surface area contributed by atoms with Crippen LogP contribution in [0.25, 0.3) is 11.3 Å². The predicted molar refractivity (Wildman–Crippen MR) is 154 cm³/mol. The molecule has 226 valence electrons. The molecule has 0 bridgehead atoms. The lowest BCUT2D eigenvalue weighted by atomic mass is 9.95. The Labute approximate surface area is 247 Å². The van der Waals surface area contributed by atoms with Crippen LogP contribution in [0.2, 0.25) is 0 Å². The van der Waals surface area contributed by atoms with E-state index in [0.29, 0.717) is 46.5 Å². The van der Waals surface area contributed by atoms with Gasteiger partial charge in [-0.1, -0.05) is 18.2 Å². The van der Waals surface area contributed by atoms with Gasteiger partial charge in [-0.25, -0.2) is 14.4 Å². The second-order valence-corrected chi connectivity index (χ2v) is 9.19. The van der Waals surface area contributed by atoms with Gasteiger partial charge in [0.05, 0.1) is 44.2 Å². The van der Waals surface area contributed by atoms with Crippen LogP contribution in [-0.4, -0.2) is 63.0 Å². The molecule has 0 saturated carbocycles. The summed E-state index contributed by atoms with van der Waals surface area (Å²) in [6.07, 6.45) is 0.225. The highest BCUT2D eigenvalue weighted by atomic mass is 16.5. The fourth-order valence-electron chi connectivity index (χ4n) is 4.27. The van der Waals surface area contributed by atoms with E-state index in [1.807, 2.05) is 0 Å². The van der Waals surface area contributed by atoms with Crippen molar-refractivity contribution in [1.29, 1.82) is 0 Å². The van der Waals surface area contributed by atoms with Gasteiger partial charge in [0, 0.05) is 11.3 Å². The van der Waals surface area contributed by atoms with Gasteiger partial charge in [-0.2, -0.15) is 5.10 Å². The van der Waals surface area contributed by atoms with E-state index >= 15 is 0 Å². The fourth-order valence-corrected chi connectivity index (χ4v) is 4.27. The maximum absolute atomic E-state index is 12.4. The molecule has 4 N–H and O–H groups in total. The number of amides is 2. The van der Waals surface area contributed by atoms with Gasteiger partial charge >= 0.3 is 18.0 Å². The number of ether oxygens (including phenoxy) is 4. The Hall–Kier alpha value is -5.30. The third kappa shape index (κ3) is 7.51. The van der Waals surface area contributed by atoms with Crippen LogP contribution in [0.5, 0.6) is 11.5 Å². The quantitative estimate of drug-likeness (QED) is 0.106. The molecule has 13 heteroatoms. The Morgan fingerprint density at radius 1 is 1.05 bits per heavy atom. The summed E-state index contributed by atoms with van der Waals surface area (Å²) in [6, 6.07) is 14.0. The van der Waals surface area contributed by atoms with Crippen LogP contribution in [0.4, 0.5) is 4.79 Å². The molecule has 1 aliphatic rings. The molecular formula is C30H32N4O9. The van der Waals surface area contributed by atoms with Gasteiger partial charge in [0.1, 0.15) is 18.1 Å². The minimum absolute atomic E-state index is 0.177. The Kier molecular flexibility index (Phi) is 10.0. The van der Waals surface area contributed by atoms with Crippen molar-refractivity contribution in [3.8, 4) is 22.8 Å². The summed E-state index contributed by atoms with van der Waals surface area (Å²) >= 11 is 0. The lowest BCUT2D eigenvalue weighted by Crippen LogP contribution is -2.45. The molecule has 1 aliphatic heterocycles. The first-order valence-corrected chi connectivity index (χ1v) is 13.2. The summed E-state index contributed by atoms with van der Waals surface area (Å²) in [5, 5.41) is 19.7. The van der Waals surface area contributed by atoms with Gasteiger partial charge in [0.25, 0.3) is 0 Å². The first kappa shape index (κ1) is 30.7. The number of rotatable bonds is 12. The average Bonchev–Trinajstić information content (AvgIpc) is 3.48. The molecule has 0 radical (unpaired) electrons. The Bertz CT molecular complexity index is 1530. The van der Waals surface area contributed by atoms with Gasteiger partial charge in [0.15, 0.2) is 17.7 Å². The summed E-state index contributed by atoms with van der Waals surface area (Å²) in [7, 11) is 2.59. The number of methoxy groups -OCH3 is 2. The number of hydrogen-bond acceptors (Lipinski definition) is 11. The summed E-state index contributed by atoms with van der Waals surface area (Å²) in [6.45, 7) is 3.56. The van der Waals surface area contributed by atoms with Crippen molar-refractivity contribution >= 4 is 24.2 Å². The number of hydrogen-bond donors (Lipinski definition) is 4. The number of benzene rings is 2. The molecule has 2 amide bonds. The topological polar surface area (TPSA) is 170 Å². The zero-order chi connectivity index (χ0) is 30.9. The van der Waals surface area contributed by atoms with Gasteiger partial charge in [-0.3, -0.25) is 5.43 Å². The number of carbonyl (C=O) groups is 3. The van der Waals surface area contributed by atoms with E-state index in [9.17, 15) is 19.5 Å². The Balaban J connectivity index is 1.37. The number of carbonyl (C=O) groups excluding carboxylic acids is 3. The number of esters is 2. The first-order valence-electron chi connectivity index (χ1n) is 13.2. The fraction of sp³-hybridized carbons (Fsp3) is 0.267. The van der Waals surface area contributed by atoms with E-state index < -0.39 is 30.2 Å². The largest absolute Gasteiger partial charge is 0.490 e. The molecule has 1 aromatic heterocycles. The van der Waals surface area contributed by atoms with Gasteiger partial charge in [-0.15, -0.1) is 0 Å². The van der Waals surface area contributed by atoms with E-state index in [-0.39, 0.29) is 12.2 Å². The second-order valence-electron chi connectivity index (χ2n) is 9.19. The molecule has 13 nitrogen and oxygen atoms in total. The summed E-state index contributed by atoms with van der Waals surface area (Å²) in [4.78, 5) is 36.1. The highest BCUT2D eigenvalue weighted by Crippen LogP contribution is 2.35. The lowest BCUT2D eigenvalue weighted by molar-refractivity contribution is -0.136. The number of nitrogens with one attached hydrogen (secondary N) is 3. The standard InChI is InChI=1S/C30H32N4O9/c1-5-41-24-14-20(27-26(29(37)40-4)17(2)32-30(38)33-27)10-12-23(24)42-16-25(35)34-31-15-21-11-13-22(43-21)18-6-8-19(9-7-18)28(36)39-3/h6-15,25,27,34-35H,5,16H2,1-4H3,(H2,32,33,38)/b31-15+/t25-,27+/m1/s1. The maximum atomic E-state index is 12.4. The zero-order valence-corrected chi connectivity index (χ0v) is 24.0. The summed E-state index contributed by atoms with van der Waals surface area (Å²) in [5.41, 5.74) is 4.97. The third-order valence-corrected chi connectivity index (χ3v) is 6.30. The molecule has 2 atom stereocenters. The molecule has 43 heavy (non-hydrogen) atoms. The normalized spacial score (nSPS) is 15.4. The number of nitrogens with zero attached hydrogens (tertiary/aromatic N) is 1. The molecule has 2 aromatic carbocycles. The van der Waals surface area contributed by atoms with Crippen molar-refractivity contribution in [3.05, 3.63) is 82.8 Å². The molecule has 0 unspecified atom stereocenters. The summed E-state index contributed by atoms with van der Waals surface area (Å²) in [5.74, 6) is 0.693. The maximum Gasteiger partial charge on any atom is 0.337 e. The molecular weight excluding hydrogens is 560 g/mol. The van der Waals surface area contributed by atoms with Crippen LogP contribution in [0.1, 0.15) is 41.6 Å². The van der Waals surface area contributed by atoms with E-state index in [1.165, 1.54) is 20.4 Å². The number of aliphatic hydroxyl groups excluding tert-OH is 1. The van der Waals surface area contributed by atoms with Gasteiger partial charge in [-0.05, 0) is 55.8 Å². The van der Waals surface area contributed by atoms with E-state index in [2.05, 4.69) is 21.2 Å². The Morgan fingerprint density at radius 2 is 1.79 bits per heavy atom. The van der Waals surface area contributed by atoms with Crippen LogP contribution < -0.4 is 25.5 Å². The van der Waals surface area contributed by atoms with Crippen LogP contribution in [-0.2, 0) is 14.3 Å². The van der Waals surface area contributed by atoms with Crippen LogP contribution in [0.3, 0.4) is 0 Å². The van der Waals surface area contributed by atoms with E-state index in [1.54, 1.807) is 68.4 Å². The highest BCUT2D eigenvalue weighted by molar-refractivity contribution is 5.95. The first-order chi connectivity index (χ1) is 20.7. The monoisotopic (exact) mass is 592 g/mol.